The van der Waals surface area contributed by atoms with Gasteiger partial charge in [-0.1, -0.05) is 25.4 Å². The molecule has 1 aromatic heterocycles. The third-order valence-electron chi connectivity index (χ3n) is 3.39. The van der Waals surface area contributed by atoms with Gasteiger partial charge in [0.15, 0.2) is 0 Å². The van der Waals surface area contributed by atoms with Crippen LogP contribution >= 0.6 is 11.6 Å². The Balaban J connectivity index is 2.70. The van der Waals surface area contributed by atoms with Gasteiger partial charge in [0.05, 0.1) is 5.02 Å². The van der Waals surface area contributed by atoms with Crippen LogP contribution in [0.2, 0.25) is 5.02 Å². The average molecular weight is 300 g/mol. The maximum Gasteiger partial charge on any atom is 0.213 e. The summed E-state index contributed by atoms with van der Waals surface area (Å²) in [5.74, 6) is 0.616. The molecule has 0 aliphatic carbocycles. The molecule has 0 saturated heterocycles. The summed E-state index contributed by atoms with van der Waals surface area (Å²) in [5, 5.41) is 4.01. The van der Waals surface area contributed by atoms with Crippen molar-refractivity contribution in [3.63, 3.8) is 0 Å². The van der Waals surface area contributed by atoms with E-state index in [1.807, 2.05) is 20.2 Å². The van der Waals surface area contributed by atoms with Crippen LogP contribution in [0.25, 0.3) is 0 Å². The van der Waals surface area contributed by atoms with Crippen LogP contribution in [0.3, 0.4) is 0 Å². The summed E-state index contributed by atoms with van der Waals surface area (Å²) in [6.45, 7) is 9.75. The molecular formula is C15H26ClN3O. The first-order valence-corrected chi connectivity index (χ1v) is 7.28. The highest BCUT2D eigenvalue weighted by molar-refractivity contribution is 6.31. The van der Waals surface area contributed by atoms with Gasteiger partial charge in [-0.05, 0) is 33.5 Å². The van der Waals surface area contributed by atoms with E-state index in [2.05, 4.69) is 42.9 Å². The van der Waals surface area contributed by atoms with E-state index < -0.39 is 0 Å². The molecule has 0 aliphatic rings. The van der Waals surface area contributed by atoms with Crippen LogP contribution in [0, 0.1) is 0 Å². The molecule has 1 aromatic rings. The zero-order valence-electron chi connectivity index (χ0n) is 13.3. The Morgan fingerprint density at radius 3 is 2.60 bits per heavy atom. The highest BCUT2D eigenvalue weighted by atomic mass is 35.5. The fraction of sp³-hybridized carbons (Fsp3) is 0.667. The van der Waals surface area contributed by atoms with E-state index in [9.17, 15) is 0 Å². The second-order valence-electron chi connectivity index (χ2n) is 6.15. The Kier molecular flexibility index (Phi) is 6.24. The van der Waals surface area contributed by atoms with Gasteiger partial charge >= 0.3 is 0 Å². The van der Waals surface area contributed by atoms with Crippen LogP contribution in [0.5, 0.6) is 5.88 Å². The molecule has 114 valence electrons. The van der Waals surface area contributed by atoms with Gasteiger partial charge in [0.2, 0.25) is 5.88 Å². The van der Waals surface area contributed by atoms with Crippen molar-refractivity contribution in [3.05, 3.63) is 22.8 Å². The summed E-state index contributed by atoms with van der Waals surface area (Å²) < 4.78 is 5.80. The van der Waals surface area contributed by atoms with Crippen molar-refractivity contribution in [1.29, 1.82) is 0 Å². The second-order valence-corrected chi connectivity index (χ2v) is 6.55. The first-order chi connectivity index (χ1) is 9.22. The highest BCUT2D eigenvalue weighted by Gasteiger charge is 2.21. The van der Waals surface area contributed by atoms with Gasteiger partial charge in [-0.25, -0.2) is 4.98 Å². The minimum atomic E-state index is -0.0440. The maximum absolute atomic E-state index is 6.15. The zero-order chi connectivity index (χ0) is 15.3. The van der Waals surface area contributed by atoms with Crippen LogP contribution in [-0.2, 0) is 6.54 Å². The average Bonchev–Trinajstić information content (AvgIpc) is 2.36. The van der Waals surface area contributed by atoms with E-state index in [0.717, 1.165) is 5.56 Å². The lowest BCUT2D eigenvalue weighted by atomic mass is 10.1. The molecule has 1 heterocycles. The highest BCUT2D eigenvalue weighted by Crippen LogP contribution is 2.21. The van der Waals surface area contributed by atoms with Gasteiger partial charge in [0, 0.05) is 30.4 Å². The van der Waals surface area contributed by atoms with E-state index in [1.54, 1.807) is 6.20 Å². The normalized spacial score (nSPS) is 12.2. The summed E-state index contributed by atoms with van der Waals surface area (Å²) >= 11 is 6.15. The number of aromatic nitrogens is 1. The number of ether oxygens (including phenoxy) is 1. The molecule has 5 heteroatoms. The fourth-order valence-corrected chi connectivity index (χ4v) is 1.54. The molecule has 0 aliphatic heterocycles. The number of pyridine rings is 1. The Morgan fingerprint density at radius 1 is 1.40 bits per heavy atom. The molecule has 20 heavy (non-hydrogen) atoms. The molecule has 1 N–H and O–H groups in total. The van der Waals surface area contributed by atoms with Gasteiger partial charge in [0.1, 0.15) is 6.61 Å². The minimum absolute atomic E-state index is 0.0440. The quantitative estimate of drug-likeness (QED) is 0.840. The smallest absolute Gasteiger partial charge is 0.213 e. The lowest BCUT2D eigenvalue weighted by molar-refractivity contribution is 0.111. The Bertz CT molecular complexity index is 433. The predicted octanol–water partition coefficient (Wildman–Crippen LogP) is 2.95. The number of rotatable bonds is 7. The standard InChI is InChI=1S/C15H26ClN3O/c1-11(2)17-8-12-7-14(18-9-13(12)16)20-10-15(3,4)19(5)6/h7,9,11,17H,8,10H2,1-6H3. The fourth-order valence-electron chi connectivity index (χ4n) is 1.37. The summed E-state index contributed by atoms with van der Waals surface area (Å²) in [5.41, 5.74) is 0.963. The molecular weight excluding hydrogens is 274 g/mol. The number of nitrogens with one attached hydrogen (secondary N) is 1. The van der Waals surface area contributed by atoms with E-state index in [0.29, 0.717) is 30.1 Å². The molecule has 0 fully saturated rings. The molecule has 4 nitrogen and oxygen atoms in total. The largest absolute Gasteiger partial charge is 0.476 e. The van der Waals surface area contributed by atoms with Gasteiger partial charge < -0.3 is 15.0 Å². The molecule has 0 bridgehead atoms. The SMILES string of the molecule is CC(C)NCc1cc(OCC(C)(C)N(C)C)ncc1Cl. The monoisotopic (exact) mass is 299 g/mol. The minimum Gasteiger partial charge on any atom is -0.476 e. The number of halogens is 1. The van der Waals surface area contributed by atoms with Crippen LogP contribution in [0.4, 0.5) is 0 Å². The Hall–Kier alpha value is -0.840. The predicted molar refractivity (Wildman–Crippen MR) is 84.5 cm³/mol. The summed E-state index contributed by atoms with van der Waals surface area (Å²) in [7, 11) is 4.08. The van der Waals surface area contributed by atoms with Crippen LogP contribution in [0.15, 0.2) is 12.3 Å². The number of nitrogens with zero attached hydrogens (tertiary/aromatic N) is 2. The topological polar surface area (TPSA) is 37.4 Å². The summed E-state index contributed by atoms with van der Waals surface area (Å²) in [6.07, 6.45) is 1.65. The molecule has 0 aromatic carbocycles. The third kappa shape index (κ3) is 5.27. The van der Waals surface area contributed by atoms with Crippen LogP contribution in [-0.4, -0.2) is 42.2 Å². The van der Waals surface area contributed by atoms with Gasteiger partial charge in [-0.2, -0.15) is 0 Å². The second kappa shape index (κ2) is 7.25. The van der Waals surface area contributed by atoms with E-state index >= 15 is 0 Å². The summed E-state index contributed by atoms with van der Waals surface area (Å²) in [6, 6.07) is 2.32. The van der Waals surface area contributed by atoms with Gasteiger partial charge in [-0.3, -0.25) is 0 Å². The van der Waals surface area contributed by atoms with Crippen molar-refractivity contribution >= 4 is 11.6 Å². The van der Waals surface area contributed by atoms with Crippen LogP contribution in [0.1, 0.15) is 33.3 Å². The van der Waals surface area contributed by atoms with Crippen molar-refractivity contribution in [2.45, 2.75) is 45.8 Å². The van der Waals surface area contributed by atoms with Crippen molar-refractivity contribution < 1.29 is 4.74 Å². The van der Waals surface area contributed by atoms with Crippen molar-refractivity contribution in [1.82, 2.24) is 15.2 Å². The van der Waals surface area contributed by atoms with E-state index in [-0.39, 0.29) is 5.54 Å². The lowest BCUT2D eigenvalue weighted by Crippen LogP contribution is -2.43. The van der Waals surface area contributed by atoms with Crippen molar-refractivity contribution in [2.24, 2.45) is 0 Å². The van der Waals surface area contributed by atoms with Crippen molar-refractivity contribution in [3.8, 4) is 5.88 Å². The Labute approximate surface area is 127 Å². The molecule has 0 amide bonds. The molecule has 0 spiro atoms. The molecule has 0 unspecified atom stereocenters. The number of likely N-dealkylation sites (N-methyl/N-ethyl adjacent to an activating group) is 1. The molecule has 0 saturated carbocycles. The van der Waals surface area contributed by atoms with E-state index in [1.165, 1.54) is 0 Å². The van der Waals surface area contributed by atoms with Gasteiger partial charge in [0.25, 0.3) is 0 Å². The number of hydrogen-bond donors (Lipinski definition) is 1. The third-order valence-corrected chi connectivity index (χ3v) is 3.73. The zero-order valence-corrected chi connectivity index (χ0v) is 14.1. The van der Waals surface area contributed by atoms with E-state index in [4.69, 9.17) is 16.3 Å². The van der Waals surface area contributed by atoms with Crippen LogP contribution < -0.4 is 10.1 Å². The maximum atomic E-state index is 6.15. The first kappa shape index (κ1) is 17.2. The Morgan fingerprint density at radius 2 is 2.05 bits per heavy atom. The van der Waals surface area contributed by atoms with Crippen molar-refractivity contribution in [2.75, 3.05) is 20.7 Å². The lowest BCUT2D eigenvalue weighted by Gasteiger charge is -2.31. The first-order valence-electron chi connectivity index (χ1n) is 6.90. The molecule has 0 radical (unpaired) electrons. The summed E-state index contributed by atoms with van der Waals surface area (Å²) in [4.78, 5) is 6.36. The van der Waals surface area contributed by atoms with Gasteiger partial charge in [-0.15, -0.1) is 0 Å². The number of hydrogen-bond acceptors (Lipinski definition) is 4. The molecule has 1 rings (SSSR count). The molecule has 0 atom stereocenters.